The molecule has 1 aromatic heterocycles. The lowest BCUT2D eigenvalue weighted by Crippen LogP contribution is -2.40. The van der Waals surface area contributed by atoms with Gasteiger partial charge in [-0.1, -0.05) is 54.6 Å². The van der Waals surface area contributed by atoms with Crippen molar-refractivity contribution in [3.8, 4) is 17.1 Å². The quantitative estimate of drug-likeness (QED) is 0.360. The van der Waals surface area contributed by atoms with Gasteiger partial charge in [0.1, 0.15) is 0 Å². The van der Waals surface area contributed by atoms with Gasteiger partial charge in [0, 0.05) is 6.04 Å². The average Bonchev–Trinajstić information content (AvgIpc) is 3.19. The van der Waals surface area contributed by atoms with Crippen LogP contribution in [0.3, 0.4) is 0 Å². The van der Waals surface area contributed by atoms with Gasteiger partial charge in [-0.05, 0) is 29.5 Å². The molecule has 1 amide bonds. The van der Waals surface area contributed by atoms with Crippen LogP contribution in [0.5, 0.6) is 6.01 Å². The van der Waals surface area contributed by atoms with Crippen molar-refractivity contribution < 1.29 is 24.9 Å². The summed E-state index contributed by atoms with van der Waals surface area (Å²) in [7, 11) is 0. The number of aromatic amines is 1. The lowest BCUT2D eigenvalue weighted by Gasteiger charge is -2.21. The molecule has 9 heteroatoms. The van der Waals surface area contributed by atoms with Gasteiger partial charge in [0.2, 0.25) is 5.82 Å². The topological polar surface area (TPSA) is 148 Å². The number of aromatic nitrogens is 3. The Labute approximate surface area is 172 Å². The Balaban J connectivity index is 1.75. The molecule has 3 rings (SSSR count). The minimum atomic E-state index is -1.14. The second-order valence-electron chi connectivity index (χ2n) is 6.87. The number of aromatic hydroxyl groups is 1. The van der Waals surface area contributed by atoms with Crippen LogP contribution in [0, 0.1) is 5.92 Å². The lowest BCUT2D eigenvalue weighted by molar-refractivity contribution is -0.143. The Morgan fingerprint density at radius 3 is 2.27 bits per heavy atom. The maximum atomic E-state index is 12.4. The highest BCUT2D eigenvalue weighted by Gasteiger charge is 2.25. The van der Waals surface area contributed by atoms with Gasteiger partial charge in [-0.2, -0.15) is 4.98 Å². The zero-order valence-corrected chi connectivity index (χ0v) is 16.0. The summed E-state index contributed by atoms with van der Waals surface area (Å²) in [5.74, 6) is -2.99. The zero-order chi connectivity index (χ0) is 21.5. The number of H-pyrrole nitrogens is 1. The molecule has 2 atom stereocenters. The van der Waals surface area contributed by atoms with Gasteiger partial charge in [-0.25, -0.2) is 0 Å². The zero-order valence-electron chi connectivity index (χ0n) is 16.0. The number of amides is 1. The number of carbonyl (C=O) groups is 2. The first kappa shape index (κ1) is 21.0. The second kappa shape index (κ2) is 9.66. The third-order valence-electron chi connectivity index (χ3n) is 4.71. The van der Waals surface area contributed by atoms with Crippen molar-refractivity contribution in [1.82, 2.24) is 20.5 Å². The van der Waals surface area contributed by atoms with Gasteiger partial charge < -0.3 is 20.6 Å². The number of carbonyl (C=O) groups excluding carboxylic acids is 1. The Kier molecular flexibility index (Phi) is 6.76. The van der Waals surface area contributed by atoms with E-state index in [1.54, 1.807) is 0 Å². The van der Waals surface area contributed by atoms with Gasteiger partial charge in [0.05, 0.1) is 12.5 Å². The number of nitrogens with one attached hydrogen (secondary N) is 2. The van der Waals surface area contributed by atoms with E-state index in [4.69, 9.17) is 0 Å². The standard InChI is InChI=1S/C21H22N4O5/c26-12-16(20(28)29)11-17(22-19(27)18-23-21(30)25-24-18)10-13-6-8-15(9-7-13)14-4-2-1-3-5-14/h1-9,16-17,26H,10-12H2,(H,22,27)(H,28,29)(H2,23,24,25,30)/t16-,17+/m0/s1. The molecule has 0 bridgehead atoms. The molecule has 0 spiro atoms. The Morgan fingerprint density at radius 2 is 1.70 bits per heavy atom. The van der Waals surface area contributed by atoms with E-state index in [0.717, 1.165) is 16.7 Å². The maximum absolute atomic E-state index is 12.4. The van der Waals surface area contributed by atoms with Crippen LogP contribution in [0.15, 0.2) is 54.6 Å². The fraction of sp³-hybridized carbons (Fsp3) is 0.238. The molecule has 0 aliphatic carbocycles. The molecule has 1 heterocycles. The molecule has 2 aromatic carbocycles. The SMILES string of the molecule is O=C(N[C@H](Cc1ccc(-c2ccccc2)cc1)C[C@@H](CO)C(=O)O)c1nc(O)n[nH]1. The normalized spacial score (nSPS) is 12.8. The maximum Gasteiger partial charge on any atom is 0.333 e. The van der Waals surface area contributed by atoms with Crippen LogP contribution in [-0.4, -0.2) is 55.0 Å². The van der Waals surface area contributed by atoms with Gasteiger partial charge in [-0.15, -0.1) is 5.10 Å². The third-order valence-corrected chi connectivity index (χ3v) is 4.71. The minimum Gasteiger partial charge on any atom is -0.481 e. The van der Waals surface area contributed by atoms with Crippen molar-refractivity contribution >= 4 is 11.9 Å². The predicted octanol–water partition coefficient (Wildman–Crippen LogP) is 1.60. The fourth-order valence-electron chi connectivity index (χ4n) is 3.15. The summed E-state index contributed by atoms with van der Waals surface area (Å²) in [6.45, 7) is -0.544. The van der Waals surface area contributed by atoms with E-state index in [-0.39, 0.29) is 12.2 Å². The van der Waals surface area contributed by atoms with Crippen molar-refractivity contribution in [2.45, 2.75) is 18.9 Å². The number of carboxylic acids is 1. The van der Waals surface area contributed by atoms with E-state index < -0.39 is 36.5 Å². The summed E-state index contributed by atoms with van der Waals surface area (Å²) in [5.41, 5.74) is 3.00. The van der Waals surface area contributed by atoms with Crippen molar-refractivity contribution in [3.05, 3.63) is 66.0 Å². The van der Waals surface area contributed by atoms with E-state index in [9.17, 15) is 24.9 Å². The molecule has 0 radical (unpaired) electrons. The lowest BCUT2D eigenvalue weighted by atomic mass is 9.94. The Morgan fingerprint density at radius 1 is 1.03 bits per heavy atom. The molecular weight excluding hydrogens is 388 g/mol. The molecule has 3 aromatic rings. The number of hydrogen-bond donors (Lipinski definition) is 5. The minimum absolute atomic E-state index is 0.0259. The van der Waals surface area contributed by atoms with Gasteiger partial charge in [0.25, 0.3) is 5.91 Å². The number of aliphatic hydroxyl groups is 1. The van der Waals surface area contributed by atoms with Crippen LogP contribution in [-0.2, 0) is 11.2 Å². The van der Waals surface area contributed by atoms with E-state index in [0.29, 0.717) is 6.42 Å². The molecule has 0 saturated heterocycles. The molecule has 5 N–H and O–H groups in total. The molecule has 30 heavy (non-hydrogen) atoms. The molecule has 0 aliphatic rings. The Hall–Kier alpha value is -3.72. The number of rotatable bonds is 9. The van der Waals surface area contributed by atoms with Gasteiger partial charge >= 0.3 is 12.0 Å². The summed E-state index contributed by atoms with van der Waals surface area (Å²) in [6.07, 6.45) is 0.378. The highest BCUT2D eigenvalue weighted by atomic mass is 16.4. The van der Waals surface area contributed by atoms with Crippen LogP contribution in [0.1, 0.15) is 22.6 Å². The van der Waals surface area contributed by atoms with Gasteiger partial charge in [-0.3, -0.25) is 14.7 Å². The number of aliphatic hydroxyl groups excluding tert-OH is 1. The van der Waals surface area contributed by atoms with Crippen LogP contribution in [0.4, 0.5) is 0 Å². The molecule has 156 valence electrons. The van der Waals surface area contributed by atoms with Crippen LogP contribution >= 0.6 is 0 Å². The molecule has 0 fully saturated rings. The third kappa shape index (κ3) is 5.42. The average molecular weight is 410 g/mol. The summed E-state index contributed by atoms with van der Waals surface area (Å²) in [5, 5.41) is 36.2. The van der Waals surface area contributed by atoms with E-state index in [2.05, 4.69) is 20.5 Å². The second-order valence-corrected chi connectivity index (χ2v) is 6.87. The van der Waals surface area contributed by atoms with Crippen LogP contribution in [0.25, 0.3) is 11.1 Å². The van der Waals surface area contributed by atoms with Crippen molar-refractivity contribution in [1.29, 1.82) is 0 Å². The van der Waals surface area contributed by atoms with Gasteiger partial charge in [0.15, 0.2) is 0 Å². The van der Waals surface area contributed by atoms with E-state index >= 15 is 0 Å². The summed E-state index contributed by atoms with van der Waals surface area (Å²) in [6, 6.07) is 16.5. The van der Waals surface area contributed by atoms with Crippen molar-refractivity contribution in [2.24, 2.45) is 5.92 Å². The number of aliphatic carboxylic acids is 1. The predicted molar refractivity (Wildman–Crippen MR) is 108 cm³/mol. The first-order valence-electron chi connectivity index (χ1n) is 9.36. The van der Waals surface area contributed by atoms with Crippen LogP contribution < -0.4 is 5.32 Å². The smallest absolute Gasteiger partial charge is 0.333 e. The summed E-state index contributed by atoms with van der Waals surface area (Å²) >= 11 is 0. The summed E-state index contributed by atoms with van der Waals surface area (Å²) < 4.78 is 0. The van der Waals surface area contributed by atoms with Crippen molar-refractivity contribution in [2.75, 3.05) is 6.61 Å². The number of benzene rings is 2. The largest absolute Gasteiger partial charge is 0.481 e. The molecule has 9 nitrogen and oxygen atoms in total. The Bertz CT molecular complexity index is 988. The molecular formula is C21H22N4O5. The first-order chi connectivity index (χ1) is 14.5. The van der Waals surface area contributed by atoms with Crippen molar-refractivity contribution in [3.63, 3.8) is 0 Å². The van der Waals surface area contributed by atoms with E-state index in [1.165, 1.54) is 0 Å². The number of carboxylic acid groups (broad SMARTS) is 1. The van der Waals surface area contributed by atoms with E-state index in [1.807, 2.05) is 54.6 Å². The number of nitrogens with zero attached hydrogens (tertiary/aromatic N) is 2. The highest BCUT2D eigenvalue weighted by Crippen LogP contribution is 2.21. The number of hydrogen-bond acceptors (Lipinski definition) is 6. The molecule has 0 unspecified atom stereocenters. The highest BCUT2D eigenvalue weighted by molar-refractivity contribution is 5.90. The molecule has 0 aliphatic heterocycles. The monoisotopic (exact) mass is 410 g/mol. The fourth-order valence-corrected chi connectivity index (χ4v) is 3.15. The summed E-state index contributed by atoms with van der Waals surface area (Å²) in [4.78, 5) is 27.3. The van der Waals surface area contributed by atoms with Crippen LogP contribution in [0.2, 0.25) is 0 Å². The molecule has 0 saturated carbocycles. The first-order valence-corrected chi connectivity index (χ1v) is 9.36.